The summed E-state index contributed by atoms with van der Waals surface area (Å²) in [6.07, 6.45) is 0.565. The van der Waals surface area contributed by atoms with Crippen molar-refractivity contribution in [1.82, 2.24) is 10.3 Å². The average molecular weight is 400 g/mol. The van der Waals surface area contributed by atoms with Crippen LogP contribution >= 0.6 is 11.3 Å². The van der Waals surface area contributed by atoms with E-state index in [1.807, 2.05) is 31.2 Å². The molecule has 3 aromatic rings. The summed E-state index contributed by atoms with van der Waals surface area (Å²) in [5.41, 5.74) is 1.64. The lowest BCUT2D eigenvalue weighted by molar-refractivity contribution is 0.0950. The first kappa shape index (κ1) is 19.8. The van der Waals surface area contributed by atoms with E-state index in [0.717, 1.165) is 10.6 Å². The van der Waals surface area contributed by atoms with Gasteiger partial charge in [0.15, 0.2) is 11.5 Å². The lowest BCUT2D eigenvalue weighted by Gasteiger charge is -2.10. The number of rotatable bonds is 8. The largest absolute Gasteiger partial charge is 0.493 e. The van der Waals surface area contributed by atoms with Crippen LogP contribution in [0.2, 0.25) is 0 Å². The number of aromatic nitrogens is 1. The van der Waals surface area contributed by atoms with E-state index >= 15 is 0 Å². The van der Waals surface area contributed by atoms with Gasteiger partial charge in [-0.05, 0) is 36.8 Å². The van der Waals surface area contributed by atoms with E-state index in [-0.39, 0.29) is 11.7 Å². The first-order valence-electron chi connectivity index (χ1n) is 8.81. The highest BCUT2D eigenvalue weighted by Gasteiger charge is 2.15. The number of amides is 1. The predicted molar refractivity (Wildman–Crippen MR) is 107 cm³/mol. The van der Waals surface area contributed by atoms with Gasteiger partial charge in [-0.2, -0.15) is 0 Å². The van der Waals surface area contributed by atoms with Gasteiger partial charge < -0.3 is 14.8 Å². The van der Waals surface area contributed by atoms with Crippen molar-refractivity contribution in [3.8, 4) is 11.5 Å². The maximum absolute atomic E-state index is 13.0. The number of nitrogens with one attached hydrogen (secondary N) is 1. The third-order valence-corrected chi connectivity index (χ3v) is 5.19. The Bertz CT molecular complexity index is 941. The van der Waals surface area contributed by atoms with Crippen LogP contribution in [0, 0.1) is 12.7 Å². The van der Waals surface area contributed by atoms with Crippen LogP contribution in [-0.2, 0) is 6.42 Å². The molecular weight excluding hydrogens is 379 g/mol. The number of para-hydroxylation sites is 2. The van der Waals surface area contributed by atoms with Crippen LogP contribution in [-0.4, -0.2) is 31.2 Å². The second-order valence-electron chi connectivity index (χ2n) is 6.08. The summed E-state index contributed by atoms with van der Waals surface area (Å²) in [5, 5.41) is 3.67. The van der Waals surface area contributed by atoms with Crippen LogP contribution in [0.1, 0.15) is 25.9 Å². The van der Waals surface area contributed by atoms with Gasteiger partial charge in [0, 0.05) is 6.42 Å². The molecule has 0 fully saturated rings. The Balaban J connectivity index is 1.53. The molecule has 0 bridgehead atoms. The number of carbonyl (C=O) groups is 1. The van der Waals surface area contributed by atoms with Gasteiger partial charge in [-0.3, -0.25) is 4.79 Å². The van der Waals surface area contributed by atoms with Crippen molar-refractivity contribution in [2.24, 2.45) is 0 Å². The minimum atomic E-state index is -0.269. The Kier molecular flexibility index (Phi) is 6.60. The SMILES string of the molecule is COc1ccccc1OCCNC(=O)c1sc(Cc2ccc(F)cc2)nc1C. The smallest absolute Gasteiger partial charge is 0.263 e. The topological polar surface area (TPSA) is 60.5 Å². The Morgan fingerprint density at radius 3 is 2.57 bits per heavy atom. The molecule has 1 N–H and O–H groups in total. The number of nitrogens with zero attached hydrogens (tertiary/aromatic N) is 1. The number of ether oxygens (including phenoxy) is 2. The molecule has 2 aromatic carbocycles. The van der Waals surface area contributed by atoms with E-state index in [1.54, 1.807) is 19.2 Å². The summed E-state index contributed by atoms with van der Waals surface area (Å²) in [4.78, 5) is 17.5. The number of benzene rings is 2. The molecule has 0 atom stereocenters. The van der Waals surface area contributed by atoms with Gasteiger partial charge in [0.2, 0.25) is 0 Å². The summed E-state index contributed by atoms with van der Waals surface area (Å²) < 4.78 is 23.9. The van der Waals surface area contributed by atoms with Crippen LogP contribution < -0.4 is 14.8 Å². The molecule has 1 aromatic heterocycles. The zero-order valence-electron chi connectivity index (χ0n) is 15.7. The molecule has 146 valence electrons. The van der Waals surface area contributed by atoms with Crippen molar-refractivity contribution < 1.29 is 18.7 Å². The monoisotopic (exact) mass is 400 g/mol. The third-order valence-electron chi connectivity index (χ3n) is 4.03. The Morgan fingerprint density at radius 2 is 1.86 bits per heavy atom. The van der Waals surface area contributed by atoms with Crippen molar-refractivity contribution >= 4 is 17.2 Å². The van der Waals surface area contributed by atoms with E-state index in [4.69, 9.17) is 9.47 Å². The molecule has 0 saturated carbocycles. The number of halogens is 1. The van der Waals surface area contributed by atoms with Crippen molar-refractivity contribution in [3.05, 3.63) is 75.5 Å². The fraction of sp³-hybridized carbons (Fsp3) is 0.238. The number of aryl methyl sites for hydroxylation is 1. The summed E-state index contributed by atoms with van der Waals surface area (Å²) in [5.74, 6) is 0.839. The molecule has 0 saturated heterocycles. The van der Waals surface area contributed by atoms with Gasteiger partial charge in [0.05, 0.1) is 24.4 Å². The highest BCUT2D eigenvalue weighted by atomic mass is 32.1. The van der Waals surface area contributed by atoms with E-state index < -0.39 is 0 Å². The molecule has 0 radical (unpaired) electrons. The summed E-state index contributed by atoms with van der Waals surface area (Å²) in [6, 6.07) is 13.6. The first-order chi connectivity index (χ1) is 13.6. The van der Waals surface area contributed by atoms with Crippen LogP contribution in [0.15, 0.2) is 48.5 Å². The lowest BCUT2D eigenvalue weighted by atomic mass is 10.1. The van der Waals surface area contributed by atoms with Gasteiger partial charge >= 0.3 is 0 Å². The maximum atomic E-state index is 13.0. The lowest BCUT2D eigenvalue weighted by Crippen LogP contribution is -2.28. The van der Waals surface area contributed by atoms with Crippen LogP contribution in [0.4, 0.5) is 4.39 Å². The van der Waals surface area contributed by atoms with Crippen molar-refractivity contribution in [1.29, 1.82) is 0 Å². The van der Waals surface area contributed by atoms with Gasteiger partial charge in [-0.25, -0.2) is 9.37 Å². The minimum absolute atomic E-state index is 0.177. The number of thiazole rings is 1. The van der Waals surface area contributed by atoms with Crippen LogP contribution in [0.5, 0.6) is 11.5 Å². The molecule has 7 heteroatoms. The molecular formula is C21H21FN2O3S. The molecule has 0 aliphatic rings. The second-order valence-corrected chi connectivity index (χ2v) is 7.16. The first-order valence-corrected chi connectivity index (χ1v) is 9.63. The third kappa shape index (κ3) is 5.07. The zero-order chi connectivity index (χ0) is 19.9. The molecule has 0 spiro atoms. The van der Waals surface area contributed by atoms with Crippen molar-refractivity contribution in [3.63, 3.8) is 0 Å². The van der Waals surface area contributed by atoms with Gasteiger partial charge in [0.1, 0.15) is 17.3 Å². The highest BCUT2D eigenvalue weighted by Crippen LogP contribution is 2.25. The summed E-state index contributed by atoms with van der Waals surface area (Å²) >= 11 is 1.35. The molecule has 3 rings (SSSR count). The number of methoxy groups -OCH3 is 1. The fourth-order valence-corrected chi connectivity index (χ4v) is 3.67. The normalized spacial score (nSPS) is 10.5. The number of carbonyl (C=O) groups excluding carboxylic acids is 1. The van der Waals surface area contributed by atoms with E-state index in [9.17, 15) is 9.18 Å². The Labute approximate surface area is 167 Å². The Morgan fingerprint density at radius 1 is 1.14 bits per heavy atom. The standard InChI is InChI=1S/C21H21FN2O3S/c1-14-20(28-19(24-14)13-15-7-9-16(22)10-8-15)21(25)23-11-12-27-18-6-4-3-5-17(18)26-2/h3-10H,11-13H2,1-2H3,(H,23,25). The van der Waals surface area contributed by atoms with E-state index in [1.165, 1.54) is 23.5 Å². The van der Waals surface area contributed by atoms with Gasteiger partial charge in [-0.1, -0.05) is 24.3 Å². The van der Waals surface area contributed by atoms with Crippen LogP contribution in [0.3, 0.4) is 0 Å². The molecule has 0 aliphatic carbocycles. The van der Waals surface area contributed by atoms with Crippen molar-refractivity contribution in [2.45, 2.75) is 13.3 Å². The summed E-state index contributed by atoms with van der Waals surface area (Å²) in [7, 11) is 1.58. The second kappa shape index (κ2) is 9.32. The fourth-order valence-electron chi connectivity index (χ4n) is 2.66. The molecule has 1 amide bonds. The summed E-state index contributed by atoms with van der Waals surface area (Å²) in [6.45, 7) is 2.50. The number of hydrogen-bond acceptors (Lipinski definition) is 5. The maximum Gasteiger partial charge on any atom is 0.263 e. The highest BCUT2D eigenvalue weighted by molar-refractivity contribution is 7.13. The van der Waals surface area contributed by atoms with Gasteiger partial charge in [-0.15, -0.1) is 11.3 Å². The molecule has 28 heavy (non-hydrogen) atoms. The average Bonchev–Trinajstić information content (AvgIpc) is 3.07. The Hall–Kier alpha value is -2.93. The zero-order valence-corrected chi connectivity index (χ0v) is 16.5. The van der Waals surface area contributed by atoms with Crippen molar-refractivity contribution in [2.75, 3.05) is 20.3 Å². The molecule has 0 aliphatic heterocycles. The molecule has 1 heterocycles. The van der Waals surface area contributed by atoms with E-state index in [2.05, 4.69) is 10.3 Å². The molecule has 5 nitrogen and oxygen atoms in total. The number of hydrogen-bond donors (Lipinski definition) is 1. The van der Waals surface area contributed by atoms with Crippen LogP contribution in [0.25, 0.3) is 0 Å². The minimum Gasteiger partial charge on any atom is -0.493 e. The van der Waals surface area contributed by atoms with Gasteiger partial charge in [0.25, 0.3) is 5.91 Å². The quantitative estimate of drug-likeness (QED) is 0.581. The molecule has 0 unspecified atom stereocenters. The predicted octanol–water partition coefficient (Wildman–Crippen LogP) is 4.00. The van der Waals surface area contributed by atoms with E-state index in [0.29, 0.717) is 41.6 Å².